The molecule has 4 rings (SSSR count). The molecule has 0 aliphatic rings. The number of ether oxygens (including phenoxy) is 1. The second kappa shape index (κ2) is 8.75. The molecule has 1 amide bonds. The number of amides is 1. The van der Waals surface area contributed by atoms with Crippen LogP contribution in [-0.2, 0) is 6.42 Å². The van der Waals surface area contributed by atoms with Crippen LogP contribution in [0, 0.1) is 0 Å². The molecule has 0 spiro atoms. The van der Waals surface area contributed by atoms with Crippen molar-refractivity contribution in [3.05, 3.63) is 83.1 Å². The van der Waals surface area contributed by atoms with E-state index in [0.29, 0.717) is 29.7 Å². The van der Waals surface area contributed by atoms with Crippen molar-refractivity contribution in [3.63, 3.8) is 0 Å². The lowest BCUT2D eigenvalue weighted by Crippen LogP contribution is -2.13. The van der Waals surface area contributed by atoms with Gasteiger partial charge in [0.05, 0.1) is 6.61 Å². The molecule has 3 N–H and O–H groups in total. The summed E-state index contributed by atoms with van der Waals surface area (Å²) in [5.74, 6) is 0.510. The normalized spacial score (nSPS) is 10.7. The molecule has 7 nitrogen and oxygen atoms in total. The number of hydrogen-bond donors (Lipinski definition) is 2. The molecule has 0 radical (unpaired) electrons. The van der Waals surface area contributed by atoms with Gasteiger partial charge in [-0.2, -0.15) is 0 Å². The summed E-state index contributed by atoms with van der Waals surface area (Å²) in [6.45, 7) is 0.366. The quantitative estimate of drug-likeness (QED) is 0.466. The van der Waals surface area contributed by atoms with Crippen molar-refractivity contribution in [1.29, 1.82) is 0 Å². The number of benzene rings is 2. The lowest BCUT2D eigenvalue weighted by atomic mass is 10.1. The van der Waals surface area contributed by atoms with E-state index < -0.39 is 5.91 Å². The number of nitrogens with two attached hydrogens (primary N) is 1. The molecule has 0 unspecified atom stereocenters. The highest BCUT2D eigenvalue weighted by molar-refractivity contribution is 6.30. The molecule has 0 aliphatic heterocycles. The summed E-state index contributed by atoms with van der Waals surface area (Å²) in [6, 6.07) is 18.6. The summed E-state index contributed by atoms with van der Waals surface area (Å²) < 4.78 is 5.89. The number of nitrogens with one attached hydrogen (secondary N) is 1. The third-order valence-electron chi connectivity index (χ3n) is 4.47. The number of carbonyl (C=O) groups excluding carboxylic acids is 1. The Kier molecular flexibility index (Phi) is 5.72. The van der Waals surface area contributed by atoms with Gasteiger partial charge in [-0.15, -0.1) is 10.2 Å². The Morgan fingerprint density at radius 2 is 1.80 bits per heavy atom. The summed E-state index contributed by atoms with van der Waals surface area (Å²) in [5, 5.41) is 14.2. The van der Waals surface area contributed by atoms with Crippen molar-refractivity contribution >= 4 is 39.8 Å². The number of primary amides is 1. The van der Waals surface area contributed by atoms with Crippen molar-refractivity contribution in [3.8, 4) is 5.88 Å². The summed E-state index contributed by atoms with van der Waals surface area (Å²) >= 11 is 5.95. The van der Waals surface area contributed by atoms with E-state index in [1.54, 1.807) is 24.4 Å². The fourth-order valence-corrected chi connectivity index (χ4v) is 3.10. The number of nitrogens with zero attached hydrogens (tertiary/aromatic N) is 3. The first-order valence-electron chi connectivity index (χ1n) is 9.26. The van der Waals surface area contributed by atoms with Gasteiger partial charge in [-0.1, -0.05) is 29.8 Å². The first-order valence-corrected chi connectivity index (χ1v) is 9.63. The Bertz CT molecular complexity index is 1200. The summed E-state index contributed by atoms with van der Waals surface area (Å²) in [6.07, 6.45) is 2.13. The monoisotopic (exact) mass is 419 g/mol. The molecule has 2 aromatic heterocycles. The average Bonchev–Trinajstić information content (AvgIpc) is 2.77. The highest BCUT2D eigenvalue weighted by Crippen LogP contribution is 2.29. The molecular formula is C22H18ClN5O2. The SMILES string of the molecule is NC(=O)c1cc(CCOc2nnc(Nc3ccc(Cl)cc3)c3ccccc23)ccn1. The standard InChI is InChI=1S/C22H18ClN5O2/c23-15-5-7-16(8-6-15)26-21-17-3-1-2-4-18(17)22(28-27-21)30-12-10-14-9-11-25-19(13-14)20(24)29/h1-9,11,13H,10,12H2,(H2,24,29)(H,26,27). The zero-order chi connectivity index (χ0) is 20.9. The van der Waals surface area contributed by atoms with Crippen LogP contribution in [0.3, 0.4) is 0 Å². The molecular weight excluding hydrogens is 402 g/mol. The molecule has 30 heavy (non-hydrogen) atoms. The van der Waals surface area contributed by atoms with Gasteiger partial charge in [-0.25, -0.2) is 0 Å². The Morgan fingerprint density at radius 3 is 2.57 bits per heavy atom. The number of halogens is 1. The summed E-state index contributed by atoms with van der Waals surface area (Å²) in [4.78, 5) is 15.2. The van der Waals surface area contributed by atoms with Crippen LogP contribution in [-0.4, -0.2) is 27.7 Å². The van der Waals surface area contributed by atoms with Crippen molar-refractivity contribution < 1.29 is 9.53 Å². The van der Waals surface area contributed by atoms with Crippen LogP contribution in [0.1, 0.15) is 16.1 Å². The van der Waals surface area contributed by atoms with Gasteiger partial charge in [-0.3, -0.25) is 9.78 Å². The zero-order valence-electron chi connectivity index (χ0n) is 15.9. The van der Waals surface area contributed by atoms with Gasteiger partial charge in [0.1, 0.15) is 5.69 Å². The molecule has 2 heterocycles. The highest BCUT2D eigenvalue weighted by Gasteiger charge is 2.11. The number of carbonyl (C=O) groups is 1. The Hall–Kier alpha value is -3.71. The molecule has 0 atom stereocenters. The Morgan fingerprint density at radius 1 is 1.03 bits per heavy atom. The van der Waals surface area contributed by atoms with Crippen molar-refractivity contribution in [1.82, 2.24) is 15.2 Å². The van der Waals surface area contributed by atoms with E-state index in [1.165, 1.54) is 0 Å². The summed E-state index contributed by atoms with van der Waals surface area (Å²) in [5.41, 5.74) is 7.27. The van der Waals surface area contributed by atoms with Crippen LogP contribution in [0.2, 0.25) is 5.02 Å². The fraction of sp³-hybridized carbons (Fsp3) is 0.0909. The number of rotatable bonds is 7. The van der Waals surface area contributed by atoms with Crippen LogP contribution >= 0.6 is 11.6 Å². The van der Waals surface area contributed by atoms with E-state index in [4.69, 9.17) is 22.1 Å². The third-order valence-corrected chi connectivity index (χ3v) is 4.72. The smallest absolute Gasteiger partial charge is 0.267 e. The minimum Gasteiger partial charge on any atom is -0.476 e. The molecule has 0 saturated carbocycles. The van der Waals surface area contributed by atoms with Gasteiger partial charge in [0.15, 0.2) is 5.82 Å². The Labute approximate surface area is 177 Å². The minimum absolute atomic E-state index is 0.232. The number of fused-ring (bicyclic) bond motifs is 1. The van der Waals surface area contributed by atoms with Gasteiger partial charge in [-0.05, 0) is 48.0 Å². The predicted molar refractivity (Wildman–Crippen MR) is 116 cm³/mol. The highest BCUT2D eigenvalue weighted by atomic mass is 35.5. The van der Waals surface area contributed by atoms with Gasteiger partial charge in [0, 0.05) is 34.1 Å². The second-order valence-electron chi connectivity index (χ2n) is 6.54. The molecule has 150 valence electrons. The lowest BCUT2D eigenvalue weighted by Gasteiger charge is -2.12. The van der Waals surface area contributed by atoms with Crippen molar-refractivity contribution in [2.75, 3.05) is 11.9 Å². The molecule has 2 aromatic carbocycles. The summed E-state index contributed by atoms with van der Waals surface area (Å²) in [7, 11) is 0. The topological polar surface area (TPSA) is 103 Å². The second-order valence-corrected chi connectivity index (χ2v) is 6.98. The van der Waals surface area contributed by atoms with E-state index in [-0.39, 0.29) is 5.69 Å². The van der Waals surface area contributed by atoms with Gasteiger partial charge in [0.25, 0.3) is 5.91 Å². The Balaban J connectivity index is 1.52. The van der Waals surface area contributed by atoms with E-state index in [1.807, 2.05) is 42.5 Å². The van der Waals surface area contributed by atoms with Crippen LogP contribution in [0.5, 0.6) is 5.88 Å². The predicted octanol–water partition coefficient (Wildman–Crippen LogP) is 4.14. The van der Waals surface area contributed by atoms with Crippen LogP contribution in [0.25, 0.3) is 10.8 Å². The van der Waals surface area contributed by atoms with Gasteiger partial charge < -0.3 is 15.8 Å². The van der Waals surface area contributed by atoms with Crippen molar-refractivity contribution in [2.45, 2.75) is 6.42 Å². The number of hydrogen-bond acceptors (Lipinski definition) is 6. The van der Waals surface area contributed by atoms with Crippen LogP contribution < -0.4 is 15.8 Å². The first-order chi connectivity index (χ1) is 14.6. The number of pyridine rings is 1. The van der Waals surface area contributed by atoms with E-state index >= 15 is 0 Å². The minimum atomic E-state index is -0.557. The van der Waals surface area contributed by atoms with Crippen LogP contribution in [0.15, 0.2) is 66.9 Å². The first kappa shape index (κ1) is 19.6. The van der Waals surface area contributed by atoms with Crippen molar-refractivity contribution in [2.24, 2.45) is 5.73 Å². The molecule has 8 heteroatoms. The van der Waals surface area contributed by atoms with E-state index in [2.05, 4.69) is 20.5 Å². The number of aromatic nitrogens is 3. The molecule has 0 saturated heterocycles. The molecule has 4 aromatic rings. The third kappa shape index (κ3) is 4.47. The fourth-order valence-electron chi connectivity index (χ4n) is 2.98. The zero-order valence-corrected chi connectivity index (χ0v) is 16.6. The van der Waals surface area contributed by atoms with Crippen LogP contribution in [0.4, 0.5) is 11.5 Å². The molecule has 0 fully saturated rings. The average molecular weight is 420 g/mol. The maximum absolute atomic E-state index is 11.3. The maximum atomic E-state index is 11.3. The van der Waals surface area contributed by atoms with Gasteiger partial charge in [0.2, 0.25) is 5.88 Å². The molecule has 0 aliphatic carbocycles. The van der Waals surface area contributed by atoms with E-state index in [0.717, 1.165) is 22.0 Å². The maximum Gasteiger partial charge on any atom is 0.267 e. The largest absolute Gasteiger partial charge is 0.476 e. The lowest BCUT2D eigenvalue weighted by molar-refractivity contribution is 0.0995. The number of anilines is 2. The van der Waals surface area contributed by atoms with E-state index in [9.17, 15) is 4.79 Å². The van der Waals surface area contributed by atoms with Gasteiger partial charge >= 0.3 is 0 Å². The molecule has 0 bridgehead atoms.